The van der Waals surface area contributed by atoms with Gasteiger partial charge in [0.2, 0.25) is 0 Å². The number of hydrogen-bond donors (Lipinski definition) is 0. The lowest BCUT2D eigenvalue weighted by Gasteiger charge is -2.18. The van der Waals surface area contributed by atoms with E-state index >= 15 is 0 Å². The first kappa shape index (κ1) is 14.8. The van der Waals surface area contributed by atoms with E-state index in [1.165, 1.54) is 4.31 Å². The predicted octanol–water partition coefficient (Wildman–Crippen LogP) is 2.06. The lowest BCUT2D eigenvalue weighted by atomic mass is 10.3. The molecule has 0 aliphatic heterocycles. The van der Waals surface area contributed by atoms with Crippen LogP contribution < -0.4 is 0 Å². The largest absolute Gasteiger partial charge is 0.302 e. The lowest BCUT2D eigenvalue weighted by Crippen LogP contribution is -2.31. The Bertz CT molecular complexity index is 379. The van der Waals surface area contributed by atoms with Gasteiger partial charge in [0.15, 0.2) is 0 Å². The SMILES string of the molecule is C#CCCCN(CCCC)S(=O)(=O)N=[N+]=[N-]. The maximum absolute atomic E-state index is 11.5. The Kier molecular flexibility index (Phi) is 7.38. The van der Waals surface area contributed by atoms with Crippen LogP contribution in [-0.4, -0.2) is 25.8 Å². The summed E-state index contributed by atoms with van der Waals surface area (Å²) in [5, 5.41) is 0. The lowest BCUT2D eigenvalue weighted by molar-refractivity contribution is 0.399. The monoisotopic (exact) mass is 244 g/mol. The molecular formula is C9H16N4O2S. The summed E-state index contributed by atoms with van der Waals surface area (Å²) < 4.78 is 27.0. The van der Waals surface area contributed by atoms with Crippen molar-refractivity contribution >= 4 is 10.2 Å². The minimum absolute atomic E-state index is 0.297. The van der Waals surface area contributed by atoms with Gasteiger partial charge >= 0.3 is 10.2 Å². The highest BCUT2D eigenvalue weighted by molar-refractivity contribution is 7.87. The summed E-state index contributed by atoms with van der Waals surface area (Å²) in [6, 6.07) is 0. The maximum atomic E-state index is 11.5. The molecule has 16 heavy (non-hydrogen) atoms. The second kappa shape index (κ2) is 7.99. The van der Waals surface area contributed by atoms with E-state index in [2.05, 4.69) is 15.4 Å². The highest BCUT2D eigenvalue weighted by atomic mass is 32.2. The van der Waals surface area contributed by atoms with Gasteiger partial charge in [-0.15, -0.1) is 12.3 Å². The van der Waals surface area contributed by atoms with Gasteiger partial charge in [-0.05, 0) is 18.4 Å². The van der Waals surface area contributed by atoms with Gasteiger partial charge in [0.05, 0.1) is 0 Å². The summed E-state index contributed by atoms with van der Waals surface area (Å²) in [5.74, 6) is 2.44. The first-order valence-electron chi connectivity index (χ1n) is 5.08. The minimum Gasteiger partial charge on any atom is -0.204 e. The summed E-state index contributed by atoms with van der Waals surface area (Å²) in [6.45, 7) is 2.62. The molecule has 0 amide bonds. The average Bonchev–Trinajstić information content (AvgIpc) is 2.22. The third-order valence-electron chi connectivity index (χ3n) is 1.96. The molecule has 0 saturated carbocycles. The molecule has 0 unspecified atom stereocenters. The van der Waals surface area contributed by atoms with Crippen LogP contribution in [0.15, 0.2) is 4.52 Å². The Labute approximate surface area is 96.4 Å². The second-order valence-corrected chi connectivity index (χ2v) is 4.78. The van der Waals surface area contributed by atoms with E-state index in [9.17, 15) is 8.42 Å². The van der Waals surface area contributed by atoms with Crippen molar-refractivity contribution in [2.24, 2.45) is 4.52 Å². The molecule has 0 heterocycles. The zero-order chi connectivity index (χ0) is 12.4. The number of terminal acetylenes is 1. The molecule has 0 aromatic carbocycles. The van der Waals surface area contributed by atoms with Crippen molar-refractivity contribution in [1.29, 1.82) is 0 Å². The number of unbranched alkanes of at least 4 members (excludes halogenated alkanes) is 2. The molecular weight excluding hydrogens is 228 g/mol. The summed E-state index contributed by atoms with van der Waals surface area (Å²) >= 11 is 0. The van der Waals surface area contributed by atoms with Crippen molar-refractivity contribution in [1.82, 2.24) is 4.31 Å². The van der Waals surface area contributed by atoms with Crippen molar-refractivity contribution in [3.8, 4) is 12.3 Å². The number of rotatable bonds is 8. The number of hydrogen-bond acceptors (Lipinski definition) is 2. The van der Waals surface area contributed by atoms with Gasteiger partial charge in [-0.1, -0.05) is 13.3 Å². The van der Waals surface area contributed by atoms with E-state index < -0.39 is 10.2 Å². The van der Waals surface area contributed by atoms with Crippen LogP contribution in [0.25, 0.3) is 10.4 Å². The van der Waals surface area contributed by atoms with Crippen LogP contribution >= 0.6 is 0 Å². The van der Waals surface area contributed by atoms with Crippen LogP contribution in [-0.2, 0) is 10.2 Å². The quantitative estimate of drug-likeness (QED) is 0.215. The van der Waals surface area contributed by atoms with Crippen LogP contribution in [0.2, 0.25) is 0 Å². The topological polar surface area (TPSA) is 86.1 Å². The summed E-state index contributed by atoms with van der Waals surface area (Å²) in [4.78, 5) is 2.32. The van der Waals surface area contributed by atoms with Crippen LogP contribution in [0.5, 0.6) is 0 Å². The third kappa shape index (κ3) is 5.61. The molecule has 6 nitrogen and oxygen atoms in total. The second-order valence-electron chi connectivity index (χ2n) is 3.21. The Hall–Kier alpha value is -1.22. The molecule has 7 heteroatoms. The van der Waals surface area contributed by atoms with Crippen LogP contribution in [0.1, 0.15) is 32.6 Å². The van der Waals surface area contributed by atoms with E-state index in [-0.39, 0.29) is 0 Å². The molecule has 0 saturated heterocycles. The van der Waals surface area contributed by atoms with E-state index in [0.717, 1.165) is 12.8 Å². The summed E-state index contributed by atoms with van der Waals surface area (Å²) in [6.07, 6.45) is 7.77. The highest BCUT2D eigenvalue weighted by Gasteiger charge is 2.18. The normalized spacial score (nSPS) is 10.8. The molecule has 0 aromatic heterocycles. The molecule has 0 bridgehead atoms. The van der Waals surface area contributed by atoms with Gasteiger partial charge in [-0.2, -0.15) is 4.31 Å². The fraction of sp³-hybridized carbons (Fsp3) is 0.778. The Morgan fingerprint density at radius 3 is 2.56 bits per heavy atom. The van der Waals surface area contributed by atoms with Gasteiger partial charge in [-0.3, -0.25) is 0 Å². The molecule has 0 N–H and O–H groups in total. The molecule has 90 valence electrons. The maximum Gasteiger partial charge on any atom is 0.302 e. The van der Waals surface area contributed by atoms with E-state index in [0.29, 0.717) is 25.9 Å². The zero-order valence-corrected chi connectivity index (χ0v) is 10.2. The Morgan fingerprint density at radius 1 is 1.44 bits per heavy atom. The average molecular weight is 244 g/mol. The zero-order valence-electron chi connectivity index (χ0n) is 9.33. The van der Waals surface area contributed by atoms with Gasteiger partial charge in [-0.25, -0.2) is 8.42 Å². The molecule has 0 aromatic rings. The van der Waals surface area contributed by atoms with Crippen molar-refractivity contribution in [3.63, 3.8) is 0 Å². The van der Waals surface area contributed by atoms with Gasteiger partial charge in [0, 0.05) is 28.9 Å². The van der Waals surface area contributed by atoms with E-state index in [1.54, 1.807) is 0 Å². The molecule has 0 atom stereocenters. The first-order chi connectivity index (χ1) is 7.58. The Morgan fingerprint density at radius 2 is 2.06 bits per heavy atom. The van der Waals surface area contributed by atoms with Crippen molar-refractivity contribution in [2.75, 3.05) is 13.1 Å². The minimum atomic E-state index is -3.85. The standard InChI is InChI=1S/C9H16N4O2S/c1-3-5-7-9-13(8-6-4-2)16(14,15)12-11-10/h1H,4-9H2,2H3. The number of azide groups is 1. The predicted molar refractivity (Wildman–Crippen MR) is 62.6 cm³/mol. The first-order valence-corrected chi connectivity index (χ1v) is 6.48. The van der Waals surface area contributed by atoms with Crippen molar-refractivity contribution in [2.45, 2.75) is 32.6 Å². The molecule has 0 aliphatic rings. The van der Waals surface area contributed by atoms with E-state index in [1.807, 2.05) is 6.92 Å². The summed E-state index contributed by atoms with van der Waals surface area (Å²) in [5.41, 5.74) is 8.17. The molecule has 0 rings (SSSR count). The fourth-order valence-electron chi connectivity index (χ4n) is 1.13. The van der Waals surface area contributed by atoms with Gasteiger partial charge < -0.3 is 0 Å². The van der Waals surface area contributed by atoms with Crippen molar-refractivity contribution < 1.29 is 8.42 Å². The van der Waals surface area contributed by atoms with Gasteiger partial charge in [0.1, 0.15) is 0 Å². The fourth-order valence-corrected chi connectivity index (χ4v) is 2.05. The molecule has 0 spiro atoms. The molecule has 0 radical (unpaired) electrons. The highest BCUT2D eigenvalue weighted by Crippen LogP contribution is 2.07. The number of nitrogens with zero attached hydrogens (tertiary/aromatic N) is 4. The van der Waals surface area contributed by atoms with E-state index in [4.69, 9.17) is 12.0 Å². The smallest absolute Gasteiger partial charge is 0.204 e. The molecule has 0 fully saturated rings. The third-order valence-corrected chi connectivity index (χ3v) is 3.25. The van der Waals surface area contributed by atoms with Crippen LogP contribution in [0.4, 0.5) is 0 Å². The van der Waals surface area contributed by atoms with Crippen LogP contribution in [0, 0.1) is 12.3 Å². The summed E-state index contributed by atoms with van der Waals surface area (Å²) in [7, 11) is -3.85. The Balaban J connectivity index is 4.53. The van der Waals surface area contributed by atoms with Crippen molar-refractivity contribution in [3.05, 3.63) is 10.4 Å². The molecule has 0 aliphatic carbocycles. The van der Waals surface area contributed by atoms with Crippen LogP contribution in [0.3, 0.4) is 0 Å². The van der Waals surface area contributed by atoms with Gasteiger partial charge in [0.25, 0.3) is 0 Å².